The molecule has 0 unspecified atom stereocenters. The molecule has 1 aliphatic heterocycles. The highest BCUT2D eigenvalue weighted by atomic mass is 16.2. The van der Waals surface area contributed by atoms with Crippen molar-refractivity contribution in [2.24, 2.45) is 0 Å². The number of nitrogens with zero attached hydrogens (tertiary/aromatic N) is 3. The van der Waals surface area contributed by atoms with Crippen LogP contribution in [0.15, 0.2) is 65.5 Å². The van der Waals surface area contributed by atoms with Crippen LogP contribution in [-0.4, -0.2) is 46.5 Å². The largest absolute Gasteiger partial charge is 0.339 e. The van der Waals surface area contributed by atoms with Gasteiger partial charge in [-0.15, -0.1) is 0 Å². The van der Waals surface area contributed by atoms with E-state index >= 15 is 0 Å². The molecule has 2 aromatic carbocycles. The Bertz CT molecular complexity index is 1030. The molecule has 0 atom stereocenters. The lowest BCUT2D eigenvalue weighted by Crippen LogP contribution is -2.49. The minimum Gasteiger partial charge on any atom is -0.339 e. The number of aryl methyl sites for hydroxylation is 1. The van der Waals surface area contributed by atoms with E-state index in [-0.39, 0.29) is 18.0 Å². The fourth-order valence-electron chi connectivity index (χ4n) is 3.85. The number of rotatable bonds is 4. The van der Waals surface area contributed by atoms with Crippen molar-refractivity contribution in [2.75, 3.05) is 26.2 Å². The van der Waals surface area contributed by atoms with E-state index in [9.17, 15) is 9.59 Å². The van der Waals surface area contributed by atoms with Gasteiger partial charge in [0.1, 0.15) is 6.54 Å². The van der Waals surface area contributed by atoms with Gasteiger partial charge in [-0.05, 0) is 30.0 Å². The van der Waals surface area contributed by atoms with Gasteiger partial charge in [-0.25, -0.2) is 0 Å². The highest BCUT2D eigenvalue weighted by molar-refractivity contribution is 5.82. The number of amides is 1. The van der Waals surface area contributed by atoms with Gasteiger partial charge in [0.05, 0.1) is 0 Å². The maximum absolute atomic E-state index is 12.8. The van der Waals surface area contributed by atoms with E-state index in [1.165, 1.54) is 5.56 Å². The molecule has 1 saturated heterocycles. The smallest absolute Gasteiger partial charge is 0.259 e. The molecule has 0 saturated carbocycles. The first-order chi connectivity index (χ1) is 13.6. The predicted molar refractivity (Wildman–Crippen MR) is 111 cm³/mol. The topological polar surface area (TPSA) is 45.6 Å². The van der Waals surface area contributed by atoms with Gasteiger partial charge in [-0.1, -0.05) is 48.5 Å². The lowest BCUT2D eigenvalue weighted by Gasteiger charge is -2.35. The Morgan fingerprint density at radius 2 is 1.61 bits per heavy atom. The van der Waals surface area contributed by atoms with Gasteiger partial charge in [-0.2, -0.15) is 0 Å². The van der Waals surface area contributed by atoms with Crippen molar-refractivity contribution in [1.82, 2.24) is 14.4 Å². The highest BCUT2D eigenvalue weighted by Gasteiger charge is 2.22. The second kappa shape index (κ2) is 7.98. The van der Waals surface area contributed by atoms with Crippen LogP contribution in [0.2, 0.25) is 0 Å². The molecule has 0 radical (unpaired) electrons. The predicted octanol–water partition coefficient (Wildman–Crippen LogP) is 2.65. The van der Waals surface area contributed by atoms with Crippen LogP contribution < -0.4 is 5.56 Å². The van der Waals surface area contributed by atoms with Gasteiger partial charge >= 0.3 is 0 Å². The molecule has 1 aromatic heterocycles. The van der Waals surface area contributed by atoms with E-state index in [0.29, 0.717) is 18.5 Å². The van der Waals surface area contributed by atoms with Gasteiger partial charge in [-0.3, -0.25) is 14.5 Å². The quantitative estimate of drug-likeness (QED) is 0.704. The molecular weight excluding hydrogens is 350 g/mol. The van der Waals surface area contributed by atoms with Crippen LogP contribution in [0.5, 0.6) is 0 Å². The van der Waals surface area contributed by atoms with Crippen LogP contribution in [0, 0.1) is 6.92 Å². The fraction of sp³-hybridized carbons (Fsp3) is 0.304. The molecule has 3 aromatic rings. The molecule has 0 N–H and O–H groups in total. The lowest BCUT2D eigenvalue weighted by atomic mass is 10.1. The third kappa shape index (κ3) is 3.85. The number of hydrogen-bond acceptors (Lipinski definition) is 3. The molecule has 0 aliphatic carbocycles. The SMILES string of the molecule is Cc1cc2ccccc2c(=O)n1CC(=O)N1CCN(Cc2ccccc2)CC1. The summed E-state index contributed by atoms with van der Waals surface area (Å²) in [4.78, 5) is 29.9. The van der Waals surface area contributed by atoms with Crippen molar-refractivity contribution in [2.45, 2.75) is 20.0 Å². The first-order valence-corrected chi connectivity index (χ1v) is 9.75. The maximum atomic E-state index is 12.8. The third-order valence-electron chi connectivity index (χ3n) is 5.49. The molecule has 1 amide bonds. The summed E-state index contributed by atoms with van der Waals surface area (Å²) in [5, 5.41) is 1.58. The second-order valence-electron chi connectivity index (χ2n) is 7.41. The number of hydrogen-bond donors (Lipinski definition) is 0. The zero-order valence-corrected chi connectivity index (χ0v) is 16.2. The molecule has 2 heterocycles. The number of piperazine rings is 1. The standard InChI is InChI=1S/C23H25N3O2/c1-18-15-20-9-5-6-10-21(20)23(28)26(18)17-22(27)25-13-11-24(12-14-25)16-19-7-3-2-4-8-19/h2-10,15H,11-14,16-17H2,1H3. The van der Waals surface area contributed by atoms with E-state index in [1.807, 2.05) is 48.2 Å². The molecule has 1 fully saturated rings. The number of aromatic nitrogens is 1. The minimum atomic E-state index is -0.0911. The number of pyridine rings is 1. The van der Waals surface area contributed by atoms with E-state index in [4.69, 9.17) is 0 Å². The van der Waals surface area contributed by atoms with E-state index < -0.39 is 0 Å². The lowest BCUT2D eigenvalue weighted by molar-refractivity contribution is -0.133. The zero-order chi connectivity index (χ0) is 19.5. The molecule has 28 heavy (non-hydrogen) atoms. The van der Waals surface area contributed by atoms with Gasteiger partial charge in [0.15, 0.2) is 0 Å². The van der Waals surface area contributed by atoms with Crippen LogP contribution in [0.1, 0.15) is 11.3 Å². The zero-order valence-electron chi connectivity index (χ0n) is 16.2. The van der Waals surface area contributed by atoms with Crippen molar-refractivity contribution in [3.05, 3.63) is 82.3 Å². The summed E-state index contributed by atoms with van der Waals surface area (Å²) in [6, 6.07) is 19.9. The Hall–Kier alpha value is -2.92. The monoisotopic (exact) mass is 375 g/mol. The molecule has 5 heteroatoms. The highest BCUT2D eigenvalue weighted by Crippen LogP contribution is 2.13. The molecular formula is C23H25N3O2. The molecule has 5 nitrogen and oxygen atoms in total. The summed E-state index contributed by atoms with van der Waals surface area (Å²) >= 11 is 0. The Morgan fingerprint density at radius 3 is 2.36 bits per heavy atom. The Balaban J connectivity index is 1.41. The second-order valence-corrected chi connectivity index (χ2v) is 7.41. The van der Waals surface area contributed by atoms with Crippen LogP contribution in [0.3, 0.4) is 0 Å². The van der Waals surface area contributed by atoms with Gasteiger partial charge in [0.2, 0.25) is 5.91 Å². The van der Waals surface area contributed by atoms with Gasteiger partial charge in [0.25, 0.3) is 5.56 Å². The summed E-state index contributed by atoms with van der Waals surface area (Å²) in [7, 11) is 0. The van der Waals surface area contributed by atoms with Crippen LogP contribution in [0.25, 0.3) is 10.8 Å². The Kier molecular flexibility index (Phi) is 5.26. The summed E-state index contributed by atoms with van der Waals surface area (Å²) in [5.74, 6) is 0.0137. The number of carbonyl (C=O) groups excluding carboxylic acids is 1. The van der Waals surface area contributed by atoms with Crippen molar-refractivity contribution in [3.8, 4) is 0 Å². The number of benzene rings is 2. The summed E-state index contributed by atoms with van der Waals surface area (Å²) in [6.07, 6.45) is 0. The van der Waals surface area contributed by atoms with Crippen molar-refractivity contribution in [1.29, 1.82) is 0 Å². The van der Waals surface area contributed by atoms with Crippen molar-refractivity contribution < 1.29 is 4.79 Å². The van der Waals surface area contributed by atoms with Crippen molar-refractivity contribution >= 4 is 16.7 Å². The van der Waals surface area contributed by atoms with E-state index in [1.54, 1.807) is 4.57 Å². The molecule has 0 bridgehead atoms. The average molecular weight is 375 g/mol. The fourth-order valence-corrected chi connectivity index (χ4v) is 3.85. The molecule has 144 valence electrons. The first-order valence-electron chi connectivity index (χ1n) is 9.75. The summed E-state index contributed by atoms with van der Waals surface area (Å²) in [6.45, 7) is 6.01. The normalized spacial score (nSPS) is 15.1. The molecule has 4 rings (SSSR count). The molecule has 1 aliphatic rings. The van der Waals surface area contributed by atoms with Crippen LogP contribution >= 0.6 is 0 Å². The maximum Gasteiger partial charge on any atom is 0.259 e. The first kappa shape index (κ1) is 18.4. The number of fused-ring (bicyclic) bond motifs is 1. The minimum absolute atomic E-state index is 0.0137. The average Bonchev–Trinajstić information content (AvgIpc) is 2.72. The summed E-state index contributed by atoms with van der Waals surface area (Å²) < 4.78 is 1.60. The third-order valence-corrected chi connectivity index (χ3v) is 5.49. The van der Waals surface area contributed by atoms with E-state index in [2.05, 4.69) is 29.2 Å². The van der Waals surface area contributed by atoms with Crippen LogP contribution in [0.4, 0.5) is 0 Å². The van der Waals surface area contributed by atoms with E-state index in [0.717, 1.165) is 30.7 Å². The Morgan fingerprint density at radius 1 is 0.929 bits per heavy atom. The van der Waals surface area contributed by atoms with Gasteiger partial charge < -0.3 is 9.47 Å². The van der Waals surface area contributed by atoms with Crippen LogP contribution in [-0.2, 0) is 17.9 Å². The van der Waals surface area contributed by atoms with Gasteiger partial charge in [0, 0.05) is 43.8 Å². The van der Waals surface area contributed by atoms with Crippen molar-refractivity contribution in [3.63, 3.8) is 0 Å². The summed E-state index contributed by atoms with van der Waals surface area (Å²) in [5.41, 5.74) is 2.02. The molecule has 0 spiro atoms. The Labute approximate surface area is 164 Å². The number of carbonyl (C=O) groups is 1.